The maximum Gasteiger partial charge on any atom is 0.317 e. The number of hydrogen-bond donors (Lipinski definition) is 4. The Kier molecular flexibility index (Phi) is 4.04. The van der Waals surface area contributed by atoms with Crippen LogP contribution in [0.5, 0.6) is 5.75 Å². The molecule has 0 aliphatic heterocycles. The molecule has 7 nitrogen and oxygen atoms in total. The van der Waals surface area contributed by atoms with E-state index in [4.69, 9.17) is 27.8 Å². The molecule has 0 radical (unpaired) electrons. The number of halogens is 1. The molecular formula is C13H13ClN4O3. The number of urea groups is 1. The zero-order valence-electron chi connectivity index (χ0n) is 11.1. The number of amides is 3. The Morgan fingerprint density at radius 3 is 2.52 bits per heavy atom. The lowest BCUT2D eigenvalue weighted by Crippen LogP contribution is -2.22. The van der Waals surface area contributed by atoms with Gasteiger partial charge < -0.3 is 21.2 Å². The molecule has 8 heteroatoms. The van der Waals surface area contributed by atoms with Crippen LogP contribution in [0.2, 0.25) is 5.02 Å². The molecule has 3 amide bonds. The Morgan fingerprint density at radius 1 is 1.29 bits per heavy atom. The van der Waals surface area contributed by atoms with Crippen molar-refractivity contribution in [3.63, 3.8) is 0 Å². The number of methoxy groups -OCH3 is 1. The molecular weight excluding hydrogens is 296 g/mol. The standard InChI is InChI=1S/C13H13ClN4O3/c1-21-7-5-3-2-4-6(7)10-9(14)8(11(15)19)12(17-10)18-13(16)20/h2-5,17H,1H3,(H2,15,19)(H3,16,18,20). The van der Waals surface area contributed by atoms with Gasteiger partial charge in [-0.1, -0.05) is 23.7 Å². The van der Waals surface area contributed by atoms with Crippen LogP contribution in [0, 0.1) is 0 Å². The molecule has 0 spiro atoms. The van der Waals surface area contributed by atoms with Gasteiger partial charge in [0.25, 0.3) is 5.91 Å². The van der Waals surface area contributed by atoms with Crippen molar-refractivity contribution >= 4 is 29.4 Å². The van der Waals surface area contributed by atoms with E-state index in [2.05, 4.69) is 10.3 Å². The predicted octanol–water partition coefficient (Wildman–Crippen LogP) is 1.93. The van der Waals surface area contributed by atoms with Crippen molar-refractivity contribution in [3.05, 3.63) is 34.9 Å². The molecule has 0 atom stereocenters. The molecule has 1 aromatic carbocycles. The SMILES string of the molecule is COc1ccccc1-c1[nH]c(NC(N)=O)c(C(N)=O)c1Cl. The fraction of sp³-hybridized carbons (Fsp3) is 0.0769. The van der Waals surface area contributed by atoms with Crippen LogP contribution in [0.3, 0.4) is 0 Å². The van der Waals surface area contributed by atoms with Gasteiger partial charge in [0.1, 0.15) is 17.1 Å². The summed E-state index contributed by atoms with van der Waals surface area (Å²) in [5.74, 6) is -0.204. The van der Waals surface area contributed by atoms with Gasteiger partial charge >= 0.3 is 6.03 Å². The number of nitrogens with two attached hydrogens (primary N) is 2. The molecule has 21 heavy (non-hydrogen) atoms. The maximum atomic E-state index is 11.5. The number of para-hydroxylation sites is 1. The van der Waals surface area contributed by atoms with Gasteiger partial charge in [-0.25, -0.2) is 4.79 Å². The molecule has 110 valence electrons. The minimum atomic E-state index is -0.845. The normalized spacial score (nSPS) is 10.2. The van der Waals surface area contributed by atoms with Gasteiger partial charge in [0, 0.05) is 5.56 Å². The zero-order chi connectivity index (χ0) is 15.6. The number of nitrogens with one attached hydrogen (secondary N) is 2. The van der Waals surface area contributed by atoms with Crippen molar-refractivity contribution < 1.29 is 14.3 Å². The quantitative estimate of drug-likeness (QED) is 0.690. The number of carbonyl (C=O) groups is 2. The summed E-state index contributed by atoms with van der Waals surface area (Å²) in [6.45, 7) is 0. The summed E-state index contributed by atoms with van der Waals surface area (Å²) in [5, 5.41) is 2.36. The van der Waals surface area contributed by atoms with Gasteiger partial charge in [-0.05, 0) is 12.1 Å². The number of primary amides is 2. The number of hydrogen-bond acceptors (Lipinski definition) is 3. The summed E-state index contributed by atoms with van der Waals surface area (Å²) in [7, 11) is 1.51. The number of aromatic amines is 1. The number of rotatable bonds is 4. The van der Waals surface area contributed by atoms with Gasteiger partial charge in [0.2, 0.25) is 0 Å². The van der Waals surface area contributed by atoms with E-state index >= 15 is 0 Å². The molecule has 0 bridgehead atoms. The van der Waals surface area contributed by atoms with E-state index < -0.39 is 11.9 Å². The molecule has 0 aliphatic carbocycles. The fourth-order valence-corrected chi connectivity index (χ4v) is 2.30. The molecule has 0 fully saturated rings. The summed E-state index contributed by atoms with van der Waals surface area (Å²) in [4.78, 5) is 25.3. The van der Waals surface area contributed by atoms with E-state index in [0.717, 1.165) is 0 Å². The van der Waals surface area contributed by atoms with E-state index in [1.165, 1.54) is 7.11 Å². The Hall–Kier alpha value is -2.67. The van der Waals surface area contributed by atoms with Crippen molar-refractivity contribution in [2.45, 2.75) is 0 Å². The summed E-state index contributed by atoms with van der Waals surface area (Å²) in [6, 6.07) is 6.20. The van der Waals surface area contributed by atoms with E-state index in [0.29, 0.717) is 17.0 Å². The minimum absolute atomic E-state index is 0.0425. The number of aromatic nitrogens is 1. The predicted molar refractivity (Wildman–Crippen MR) is 79.5 cm³/mol. The Bertz CT molecular complexity index is 711. The number of benzene rings is 1. The molecule has 0 aliphatic rings. The molecule has 1 heterocycles. The minimum Gasteiger partial charge on any atom is -0.496 e. The zero-order valence-corrected chi connectivity index (χ0v) is 11.8. The largest absolute Gasteiger partial charge is 0.496 e. The summed E-state index contributed by atoms with van der Waals surface area (Å²) < 4.78 is 5.24. The Morgan fingerprint density at radius 2 is 1.95 bits per heavy atom. The molecule has 2 aromatic rings. The average Bonchev–Trinajstić information content (AvgIpc) is 2.74. The third-order valence-corrected chi connectivity index (χ3v) is 3.19. The Labute approximate surface area is 125 Å². The highest BCUT2D eigenvalue weighted by Gasteiger charge is 2.23. The van der Waals surface area contributed by atoms with Crippen LogP contribution in [-0.4, -0.2) is 24.0 Å². The average molecular weight is 309 g/mol. The molecule has 1 aromatic heterocycles. The Balaban J connectivity index is 2.65. The second-order valence-corrected chi connectivity index (χ2v) is 4.50. The lowest BCUT2D eigenvalue weighted by Gasteiger charge is -2.06. The third-order valence-electron chi connectivity index (χ3n) is 2.81. The van der Waals surface area contributed by atoms with Crippen LogP contribution in [-0.2, 0) is 0 Å². The maximum absolute atomic E-state index is 11.5. The van der Waals surface area contributed by atoms with E-state index in [9.17, 15) is 9.59 Å². The van der Waals surface area contributed by atoms with Gasteiger partial charge in [-0.2, -0.15) is 0 Å². The second kappa shape index (κ2) is 5.76. The van der Waals surface area contributed by atoms with Gasteiger partial charge in [0.15, 0.2) is 0 Å². The summed E-state index contributed by atoms with van der Waals surface area (Å²) >= 11 is 6.19. The lowest BCUT2D eigenvalue weighted by atomic mass is 10.1. The van der Waals surface area contributed by atoms with E-state index in [1.807, 2.05) is 0 Å². The van der Waals surface area contributed by atoms with Crippen molar-refractivity contribution in [2.75, 3.05) is 12.4 Å². The van der Waals surface area contributed by atoms with Gasteiger partial charge in [-0.3, -0.25) is 10.1 Å². The number of carbonyl (C=O) groups excluding carboxylic acids is 2. The van der Waals surface area contributed by atoms with Crippen molar-refractivity contribution in [2.24, 2.45) is 11.5 Å². The van der Waals surface area contributed by atoms with E-state index in [1.54, 1.807) is 24.3 Å². The first-order valence-corrected chi connectivity index (χ1v) is 6.24. The number of anilines is 1. The number of ether oxygens (including phenoxy) is 1. The first-order valence-electron chi connectivity index (χ1n) is 5.86. The van der Waals surface area contributed by atoms with Crippen molar-refractivity contribution in [1.29, 1.82) is 0 Å². The number of H-pyrrole nitrogens is 1. The van der Waals surface area contributed by atoms with Gasteiger partial charge in [0.05, 0.1) is 17.8 Å². The van der Waals surface area contributed by atoms with Gasteiger partial charge in [-0.15, -0.1) is 0 Å². The molecule has 0 saturated heterocycles. The molecule has 2 rings (SSSR count). The lowest BCUT2D eigenvalue weighted by molar-refractivity contribution is 0.100. The molecule has 0 unspecified atom stereocenters. The smallest absolute Gasteiger partial charge is 0.317 e. The first kappa shape index (κ1) is 14.7. The van der Waals surface area contributed by atoms with Crippen LogP contribution in [0.25, 0.3) is 11.3 Å². The highest BCUT2D eigenvalue weighted by Crippen LogP contribution is 2.38. The van der Waals surface area contributed by atoms with E-state index in [-0.39, 0.29) is 16.4 Å². The highest BCUT2D eigenvalue weighted by atomic mass is 35.5. The summed E-state index contributed by atoms with van der Waals surface area (Å²) in [6.07, 6.45) is 0. The van der Waals surface area contributed by atoms with Crippen LogP contribution < -0.4 is 21.5 Å². The first-order chi connectivity index (χ1) is 9.95. The second-order valence-electron chi connectivity index (χ2n) is 4.12. The molecule has 6 N–H and O–H groups in total. The van der Waals surface area contributed by atoms with Crippen LogP contribution in [0.4, 0.5) is 10.6 Å². The van der Waals surface area contributed by atoms with Crippen LogP contribution in [0.15, 0.2) is 24.3 Å². The molecule has 0 saturated carbocycles. The highest BCUT2D eigenvalue weighted by molar-refractivity contribution is 6.37. The fourth-order valence-electron chi connectivity index (χ4n) is 1.96. The van der Waals surface area contributed by atoms with Crippen molar-refractivity contribution in [1.82, 2.24) is 4.98 Å². The van der Waals surface area contributed by atoms with Crippen molar-refractivity contribution in [3.8, 4) is 17.0 Å². The van der Waals surface area contributed by atoms with Crippen LogP contribution >= 0.6 is 11.6 Å². The summed E-state index contributed by atoms with van der Waals surface area (Å²) in [5.41, 5.74) is 11.3. The monoisotopic (exact) mass is 308 g/mol. The van der Waals surface area contributed by atoms with Crippen LogP contribution in [0.1, 0.15) is 10.4 Å². The third kappa shape index (κ3) is 2.77. The topological polar surface area (TPSA) is 123 Å².